The molecule has 2 aliphatic rings. The van der Waals surface area contributed by atoms with Crippen molar-refractivity contribution < 1.29 is 0 Å². The molecule has 0 radical (unpaired) electrons. The van der Waals surface area contributed by atoms with Crippen LogP contribution in [0.3, 0.4) is 0 Å². The monoisotopic (exact) mass is 964 g/mol. The first-order valence-corrected chi connectivity index (χ1v) is 27.0. The molecule has 2 aliphatic carbocycles. The summed E-state index contributed by atoms with van der Waals surface area (Å²) in [5, 5.41) is 17.9. The second-order valence-corrected chi connectivity index (χ2v) is 22.8. The van der Waals surface area contributed by atoms with Gasteiger partial charge in [-0.25, -0.2) is 0 Å². The molecule has 0 N–H and O–H groups in total. The van der Waals surface area contributed by atoms with Gasteiger partial charge < -0.3 is 0 Å². The van der Waals surface area contributed by atoms with E-state index in [4.69, 9.17) is 0 Å². The minimum Gasteiger partial charge on any atom is -0.0619 e. The third-order valence-electron chi connectivity index (χ3n) is 18.0. The van der Waals surface area contributed by atoms with Gasteiger partial charge in [-0.3, -0.25) is 0 Å². The SMILES string of the molecule is CC1(C)c2ccccc2-c2ccc(-c3ccc4cc(-c5ccc6c7ccccc7c7c8cc(-c9ccc%10cc(-c%11ccc%12c(c%11)C(C)(C)c%11ccccc%11-%12)ccc%10c9)ccc8c8ccccc8c7c6c5)ccc4c3)cc21. The van der Waals surface area contributed by atoms with Crippen molar-refractivity contribution in [3.8, 4) is 66.8 Å². The van der Waals surface area contributed by atoms with Gasteiger partial charge in [0.1, 0.15) is 0 Å². The van der Waals surface area contributed by atoms with Gasteiger partial charge in [-0.15, -0.1) is 0 Å². The second-order valence-electron chi connectivity index (χ2n) is 22.8. The van der Waals surface area contributed by atoms with Crippen LogP contribution in [0, 0.1) is 0 Å². The molecule has 0 bridgehead atoms. The molecule has 0 atom stereocenters. The van der Waals surface area contributed by atoms with Gasteiger partial charge in [-0.05, 0) is 213 Å². The maximum atomic E-state index is 2.46. The number of hydrogen-bond donors (Lipinski definition) is 0. The fourth-order valence-electron chi connectivity index (χ4n) is 14.0. The van der Waals surface area contributed by atoms with Crippen LogP contribution in [0.2, 0.25) is 0 Å². The number of fused-ring (bicyclic) bond motifs is 19. The molecule has 16 rings (SSSR count). The van der Waals surface area contributed by atoms with Crippen molar-refractivity contribution >= 4 is 75.4 Å². The first kappa shape index (κ1) is 43.3. The summed E-state index contributed by atoms with van der Waals surface area (Å²) in [6, 6.07) is 92.3. The van der Waals surface area contributed by atoms with Crippen LogP contribution in [-0.4, -0.2) is 0 Å². The first-order chi connectivity index (χ1) is 37.2. The van der Waals surface area contributed by atoms with Crippen molar-refractivity contribution in [1.82, 2.24) is 0 Å². The van der Waals surface area contributed by atoms with Crippen LogP contribution in [0.4, 0.5) is 0 Å². The Labute approximate surface area is 443 Å². The molecule has 14 aromatic carbocycles. The Kier molecular flexibility index (Phi) is 8.96. The Morgan fingerprint density at radius 1 is 0.197 bits per heavy atom. The van der Waals surface area contributed by atoms with Crippen molar-refractivity contribution in [2.45, 2.75) is 38.5 Å². The fourth-order valence-corrected chi connectivity index (χ4v) is 14.0. The molecule has 0 spiro atoms. The third kappa shape index (κ3) is 6.19. The zero-order valence-corrected chi connectivity index (χ0v) is 43.1. The molecule has 0 aliphatic heterocycles. The van der Waals surface area contributed by atoms with E-state index in [0.717, 1.165) is 0 Å². The van der Waals surface area contributed by atoms with E-state index in [1.54, 1.807) is 0 Å². The predicted molar refractivity (Wildman–Crippen MR) is 326 cm³/mol. The summed E-state index contributed by atoms with van der Waals surface area (Å²) in [5.41, 5.74) is 20.9. The van der Waals surface area contributed by atoms with E-state index in [0.29, 0.717) is 0 Å². The molecule has 0 heterocycles. The predicted octanol–water partition coefficient (Wildman–Crippen LogP) is 21.0. The topological polar surface area (TPSA) is 0 Å². The highest BCUT2D eigenvalue weighted by atomic mass is 14.4. The zero-order chi connectivity index (χ0) is 50.6. The van der Waals surface area contributed by atoms with Gasteiger partial charge in [0.05, 0.1) is 0 Å². The summed E-state index contributed by atoms with van der Waals surface area (Å²) in [4.78, 5) is 0. The summed E-state index contributed by atoms with van der Waals surface area (Å²) in [7, 11) is 0. The normalized spacial score (nSPS) is 14.0. The van der Waals surface area contributed by atoms with E-state index in [-0.39, 0.29) is 10.8 Å². The van der Waals surface area contributed by atoms with Gasteiger partial charge in [-0.1, -0.05) is 222 Å². The minimum absolute atomic E-state index is 0.0329. The van der Waals surface area contributed by atoms with Gasteiger partial charge in [0.25, 0.3) is 0 Å². The molecule has 0 amide bonds. The molecule has 356 valence electrons. The molecule has 0 aromatic heterocycles. The highest BCUT2D eigenvalue weighted by Gasteiger charge is 2.36. The molecular formula is C76H52. The average Bonchev–Trinajstić information content (AvgIpc) is 3.98. The van der Waals surface area contributed by atoms with E-state index < -0.39 is 0 Å². The number of benzene rings is 14. The van der Waals surface area contributed by atoms with E-state index in [1.807, 2.05) is 0 Å². The summed E-state index contributed by atoms with van der Waals surface area (Å²) < 4.78 is 0. The fraction of sp³-hybridized carbons (Fsp3) is 0.0789. The van der Waals surface area contributed by atoms with Crippen LogP contribution < -0.4 is 0 Å². The molecule has 0 unspecified atom stereocenters. The van der Waals surface area contributed by atoms with Gasteiger partial charge in [0.15, 0.2) is 0 Å². The van der Waals surface area contributed by atoms with Crippen LogP contribution in [0.5, 0.6) is 0 Å². The summed E-state index contributed by atoms with van der Waals surface area (Å²) in [6.45, 7) is 9.44. The Hall–Kier alpha value is -9.10. The Bertz CT molecular complexity index is 4560. The lowest BCUT2D eigenvalue weighted by Crippen LogP contribution is -2.14. The van der Waals surface area contributed by atoms with Crippen molar-refractivity contribution in [2.24, 2.45) is 0 Å². The maximum absolute atomic E-state index is 2.46. The lowest BCUT2D eigenvalue weighted by molar-refractivity contribution is 0.660. The number of rotatable bonds is 4. The Morgan fingerprint density at radius 3 is 0.868 bits per heavy atom. The smallest absolute Gasteiger partial charge is 0.0159 e. The van der Waals surface area contributed by atoms with E-state index in [9.17, 15) is 0 Å². The van der Waals surface area contributed by atoms with Crippen LogP contribution >= 0.6 is 0 Å². The molecular weight excluding hydrogens is 913 g/mol. The summed E-state index contributed by atoms with van der Waals surface area (Å²) in [5.74, 6) is 0. The zero-order valence-electron chi connectivity index (χ0n) is 43.1. The Morgan fingerprint density at radius 2 is 0.474 bits per heavy atom. The first-order valence-electron chi connectivity index (χ1n) is 27.0. The lowest BCUT2D eigenvalue weighted by Gasteiger charge is -2.22. The van der Waals surface area contributed by atoms with Gasteiger partial charge >= 0.3 is 0 Å². The highest BCUT2D eigenvalue weighted by molar-refractivity contribution is 6.40. The van der Waals surface area contributed by atoms with Crippen LogP contribution in [0.15, 0.2) is 243 Å². The van der Waals surface area contributed by atoms with Crippen molar-refractivity contribution in [3.63, 3.8) is 0 Å². The van der Waals surface area contributed by atoms with Crippen molar-refractivity contribution in [1.29, 1.82) is 0 Å². The van der Waals surface area contributed by atoms with Gasteiger partial charge in [0.2, 0.25) is 0 Å². The quantitative estimate of drug-likeness (QED) is 0.154. The highest BCUT2D eigenvalue weighted by Crippen LogP contribution is 2.52. The third-order valence-corrected chi connectivity index (χ3v) is 18.0. The van der Waals surface area contributed by atoms with Crippen LogP contribution in [0.25, 0.3) is 142 Å². The summed E-state index contributed by atoms with van der Waals surface area (Å²) >= 11 is 0. The maximum Gasteiger partial charge on any atom is 0.0159 e. The molecule has 0 saturated heterocycles. The number of hydrogen-bond acceptors (Lipinski definition) is 0. The molecule has 14 aromatic rings. The van der Waals surface area contributed by atoms with Gasteiger partial charge in [0, 0.05) is 10.8 Å². The molecule has 0 fully saturated rings. The summed E-state index contributed by atoms with van der Waals surface area (Å²) in [6.07, 6.45) is 0. The minimum atomic E-state index is -0.0329. The molecule has 0 heteroatoms. The van der Waals surface area contributed by atoms with E-state index in [2.05, 4.69) is 270 Å². The molecule has 76 heavy (non-hydrogen) atoms. The van der Waals surface area contributed by atoms with E-state index >= 15 is 0 Å². The average molecular weight is 965 g/mol. The Balaban J connectivity index is 0.798. The molecule has 0 nitrogen and oxygen atoms in total. The van der Waals surface area contributed by atoms with Crippen molar-refractivity contribution in [3.05, 3.63) is 265 Å². The van der Waals surface area contributed by atoms with E-state index in [1.165, 1.54) is 164 Å². The van der Waals surface area contributed by atoms with Crippen molar-refractivity contribution in [2.75, 3.05) is 0 Å². The lowest BCUT2D eigenvalue weighted by atomic mass is 9.81. The van der Waals surface area contributed by atoms with Crippen LogP contribution in [0.1, 0.15) is 49.9 Å². The van der Waals surface area contributed by atoms with Crippen LogP contribution in [-0.2, 0) is 10.8 Å². The van der Waals surface area contributed by atoms with Gasteiger partial charge in [-0.2, -0.15) is 0 Å². The standard InChI is InChI=1S/C76H52/c1-75(2)69-19-11-9-15-61(69)63-35-31-55(43-71(63)75)51-27-23-45-37-49(25-21-47(45)39-51)53-29-33-59-57-13-5-8-18-66(57)74-68-42-54(30-34-60(68)58-14-6-7-17-65(58)73(74)67(59)41-53)50-26-22-48-40-52(28-24-46(48)38-50)56-32-36-64-62-16-10-12-20-70(62)76(3,4)72(64)44-56/h5-44H,1-4H3. The second kappa shape index (κ2) is 15.7. The molecule has 0 saturated carbocycles. The largest absolute Gasteiger partial charge is 0.0619 e.